The summed E-state index contributed by atoms with van der Waals surface area (Å²) >= 11 is 0. The maximum Gasteiger partial charge on any atom is 0.333 e. The lowest BCUT2D eigenvalue weighted by Gasteiger charge is -2.11. The molecule has 4 rings (SSSR count). The van der Waals surface area contributed by atoms with E-state index >= 15 is 0 Å². The fraction of sp³-hybridized carbons (Fsp3) is 0.556. The first-order chi connectivity index (χ1) is 13.4. The molecule has 0 spiro atoms. The Morgan fingerprint density at radius 2 is 2.14 bits per heavy atom. The first kappa shape index (κ1) is 18.5. The normalized spacial score (nSPS) is 17.0. The maximum atomic E-state index is 13.0. The Kier molecular flexibility index (Phi) is 4.58. The molecule has 1 fully saturated rings. The molecule has 28 heavy (non-hydrogen) atoms. The third-order valence-corrected chi connectivity index (χ3v) is 5.14. The molecule has 3 aromatic rings. The highest BCUT2D eigenvalue weighted by Crippen LogP contribution is 2.20. The van der Waals surface area contributed by atoms with E-state index in [0.29, 0.717) is 12.3 Å². The molecule has 0 saturated carbocycles. The molecule has 1 aliphatic rings. The van der Waals surface area contributed by atoms with Crippen LogP contribution in [0.15, 0.2) is 15.8 Å². The van der Waals surface area contributed by atoms with Crippen LogP contribution in [0.2, 0.25) is 0 Å². The summed E-state index contributed by atoms with van der Waals surface area (Å²) in [5, 5.41) is 0. The van der Waals surface area contributed by atoms with Crippen LogP contribution in [0.4, 0.5) is 0 Å². The number of carbonyl (C=O) groups is 1. The van der Waals surface area contributed by atoms with Gasteiger partial charge in [0.05, 0.1) is 19.3 Å². The highest BCUT2D eigenvalue weighted by Gasteiger charge is 2.23. The second-order valence-corrected chi connectivity index (χ2v) is 7.01. The minimum Gasteiger partial charge on any atom is -0.465 e. The van der Waals surface area contributed by atoms with Gasteiger partial charge in [-0.2, -0.15) is 4.98 Å². The predicted octanol–water partition coefficient (Wildman–Crippen LogP) is 0.200. The van der Waals surface area contributed by atoms with Crippen molar-refractivity contribution in [2.24, 2.45) is 7.05 Å². The molecule has 0 radical (unpaired) electrons. The highest BCUT2D eigenvalue weighted by atomic mass is 16.5. The van der Waals surface area contributed by atoms with Crippen molar-refractivity contribution in [3.8, 4) is 0 Å². The van der Waals surface area contributed by atoms with Crippen LogP contribution in [0.5, 0.6) is 0 Å². The average Bonchev–Trinajstić information content (AvgIpc) is 3.35. The van der Waals surface area contributed by atoms with Crippen LogP contribution in [-0.4, -0.2) is 48.4 Å². The van der Waals surface area contributed by atoms with Gasteiger partial charge in [-0.3, -0.25) is 18.6 Å². The van der Waals surface area contributed by atoms with Crippen molar-refractivity contribution in [3.05, 3.63) is 32.7 Å². The lowest BCUT2D eigenvalue weighted by Crippen LogP contribution is -2.41. The van der Waals surface area contributed by atoms with E-state index in [9.17, 15) is 14.4 Å². The van der Waals surface area contributed by atoms with Crippen LogP contribution < -0.4 is 11.2 Å². The molecule has 10 nitrogen and oxygen atoms in total. The summed E-state index contributed by atoms with van der Waals surface area (Å²) < 4.78 is 16.5. The Hall–Kier alpha value is -2.88. The van der Waals surface area contributed by atoms with Crippen molar-refractivity contribution in [1.29, 1.82) is 0 Å². The van der Waals surface area contributed by atoms with Gasteiger partial charge in [-0.15, -0.1) is 0 Å². The highest BCUT2D eigenvalue weighted by molar-refractivity contribution is 5.76. The van der Waals surface area contributed by atoms with Crippen LogP contribution in [-0.2, 0) is 34.4 Å². The van der Waals surface area contributed by atoms with Gasteiger partial charge in [-0.05, 0) is 26.7 Å². The van der Waals surface area contributed by atoms with E-state index in [2.05, 4.69) is 4.98 Å². The molecule has 0 unspecified atom stereocenters. The van der Waals surface area contributed by atoms with Gasteiger partial charge in [0.25, 0.3) is 5.56 Å². The number of imidazole rings is 2. The van der Waals surface area contributed by atoms with Crippen molar-refractivity contribution in [2.45, 2.75) is 45.9 Å². The van der Waals surface area contributed by atoms with Crippen molar-refractivity contribution in [1.82, 2.24) is 23.1 Å². The minimum atomic E-state index is -0.631. The Balaban J connectivity index is 1.90. The lowest BCUT2D eigenvalue weighted by molar-refractivity contribution is -0.143. The van der Waals surface area contributed by atoms with Gasteiger partial charge in [0.1, 0.15) is 6.54 Å². The predicted molar refractivity (Wildman–Crippen MR) is 101 cm³/mol. The molecule has 4 heterocycles. The Morgan fingerprint density at radius 1 is 1.36 bits per heavy atom. The molecule has 1 atom stereocenters. The second kappa shape index (κ2) is 6.93. The number of hydrogen-bond acceptors (Lipinski definition) is 6. The fourth-order valence-electron chi connectivity index (χ4n) is 3.75. The molecule has 1 aliphatic heterocycles. The van der Waals surface area contributed by atoms with Gasteiger partial charge in [0.2, 0.25) is 5.78 Å². The number of aryl methyl sites for hydroxylation is 2. The SMILES string of the molecule is CCOC(=O)Cn1c(=O)c2c(nc3n(C[C@@H]4CCCO4)c(C)cn23)n(C)c1=O. The molecule has 10 heteroatoms. The fourth-order valence-corrected chi connectivity index (χ4v) is 3.75. The van der Waals surface area contributed by atoms with Crippen molar-refractivity contribution < 1.29 is 14.3 Å². The van der Waals surface area contributed by atoms with Gasteiger partial charge in [-0.25, -0.2) is 9.36 Å². The largest absolute Gasteiger partial charge is 0.465 e. The molecular formula is C18H23N5O5. The van der Waals surface area contributed by atoms with Crippen LogP contribution in [0.25, 0.3) is 16.9 Å². The van der Waals surface area contributed by atoms with Gasteiger partial charge in [-0.1, -0.05) is 0 Å². The number of aromatic nitrogens is 5. The molecule has 3 aromatic heterocycles. The standard InChI is InChI=1S/C18H23N5O5/c1-4-27-13(24)10-23-16(25)14-15(20(3)18(23)26)19-17-21(11(2)8-22(14)17)9-12-6-5-7-28-12/h8,12H,4-7,9-10H2,1-3H3/t12-/m0/s1. The van der Waals surface area contributed by atoms with E-state index in [0.717, 1.165) is 29.7 Å². The topological polar surface area (TPSA) is 102 Å². The van der Waals surface area contributed by atoms with Crippen molar-refractivity contribution >= 4 is 22.9 Å². The monoisotopic (exact) mass is 389 g/mol. The average molecular weight is 389 g/mol. The van der Waals surface area contributed by atoms with Gasteiger partial charge < -0.3 is 14.0 Å². The molecule has 0 amide bonds. The summed E-state index contributed by atoms with van der Waals surface area (Å²) in [5.41, 5.74) is 0.313. The van der Waals surface area contributed by atoms with E-state index in [1.54, 1.807) is 11.3 Å². The molecule has 0 aliphatic carbocycles. The summed E-state index contributed by atoms with van der Waals surface area (Å²) in [7, 11) is 1.54. The summed E-state index contributed by atoms with van der Waals surface area (Å²) in [6, 6.07) is 0. The first-order valence-corrected chi connectivity index (χ1v) is 9.37. The smallest absolute Gasteiger partial charge is 0.333 e. The lowest BCUT2D eigenvalue weighted by atomic mass is 10.2. The first-order valence-electron chi connectivity index (χ1n) is 9.37. The maximum absolute atomic E-state index is 13.0. The molecule has 0 aromatic carbocycles. The number of esters is 1. The molecular weight excluding hydrogens is 366 g/mol. The molecule has 150 valence electrons. The van der Waals surface area contributed by atoms with Gasteiger partial charge >= 0.3 is 11.7 Å². The third kappa shape index (κ3) is 2.84. The summed E-state index contributed by atoms with van der Waals surface area (Å²) in [5.74, 6) is -0.0575. The molecule has 1 saturated heterocycles. The zero-order valence-corrected chi connectivity index (χ0v) is 16.2. The quantitative estimate of drug-likeness (QED) is 0.578. The van der Waals surface area contributed by atoms with Crippen molar-refractivity contribution in [3.63, 3.8) is 0 Å². The Labute approximate surface area is 159 Å². The number of fused-ring (bicyclic) bond motifs is 3. The number of ether oxygens (including phenoxy) is 2. The van der Waals surface area contributed by atoms with Crippen LogP contribution in [0.3, 0.4) is 0 Å². The van der Waals surface area contributed by atoms with Crippen molar-refractivity contribution in [2.75, 3.05) is 13.2 Å². The zero-order valence-electron chi connectivity index (χ0n) is 16.2. The Morgan fingerprint density at radius 3 is 2.82 bits per heavy atom. The molecule has 0 bridgehead atoms. The van der Waals surface area contributed by atoms with Crippen LogP contribution >= 0.6 is 0 Å². The minimum absolute atomic E-state index is 0.110. The number of rotatable bonds is 5. The number of hydrogen-bond donors (Lipinski definition) is 0. The second-order valence-electron chi connectivity index (χ2n) is 7.01. The van der Waals surface area contributed by atoms with E-state index in [4.69, 9.17) is 9.47 Å². The van der Waals surface area contributed by atoms with Gasteiger partial charge in [0, 0.05) is 25.5 Å². The van der Waals surface area contributed by atoms with Gasteiger partial charge in [0.15, 0.2) is 11.2 Å². The van der Waals surface area contributed by atoms with Crippen LogP contribution in [0, 0.1) is 6.92 Å². The van der Waals surface area contributed by atoms with E-state index in [-0.39, 0.29) is 23.9 Å². The summed E-state index contributed by atoms with van der Waals surface area (Å²) in [6.45, 7) is 4.74. The Bertz CT molecular complexity index is 1180. The third-order valence-electron chi connectivity index (χ3n) is 5.14. The number of nitrogens with zero attached hydrogens (tertiary/aromatic N) is 5. The number of carbonyl (C=O) groups excluding carboxylic acids is 1. The van der Waals surface area contributed by atoms with Crippen LogP contribution in [0.1, 0.15) is 25.5 Å². The van der Waals surface area contributed by atoms with E-state index in [1.165, 1.54) is 11.6 Å². The summed E-state index contributed by atoms with van der Waals surface area (Å²) in [4.78, 5) is 42.0. The van der Waals surface area contributed by atoms with E-state index in [1.807, 2.05) is 17.7 Å². The summed E-state index contributed by atoms with van der Waals surface area (Å²) in [6.07, 6.45) is 3.94. The molecule has 0 N–H and O–H groups in total. The zero-order chi connectivity index (χ0) is 20.0. The van der Waals surface area contributed by atoms with E-state index < -0.39 is 23.8 Å².